The van der Waals surface area contributed by atoms with Gasteiger partial charge in [0.1, 0.15) is 0 Å². The fraction of sp³-hybridized carbons (Fsp3) is 0.647. The van der Waals surface area contributed by atoms with E-state index in [1.807, 2.05) is 13.0 Å². The minimum atomic E-state index is -0.528. The van der Waals surface area contributed by atoms with Gasteiger partial charge in [0.25, 0.3) is 0 Å². The summed E-state index contributed by atoms with van der Waals surface area (Å²) in [4.78, 5) is 0. The van der Waals surface area contributed by atoms with Crippen molar-refractivity contribution in [2.24, 2.45) is 17.8 Å². The lowest BCUT2D eigenvalue weighted by Crippen LogP contribution is -2.45. The van der Waals surface area contributed by atoms with Gasteiger partial charge in [-0.1, -0.05) is 38.7 Å². The average Bonchev–Trinajstić information content (AvgIpc) is 2.32. The minimum absolute atomic E-state index is 0.337. The van der Waals surface area contributed by atoms with E-state index < -0.39 is 5.60 Å². The molecule has 1 saturated carbocycles. The van der Waals surface area contributed by atoms with Crippen LogP contribution in [0.3, 0.4) is 0 Å². The van der Waals surface area contributed by atoms with Gasteiger partial charge in [0, 0.05) is 0 Å². The van der Waals surface area contributed by atoms with Crippen LogP contribution in [0.2, 0.25) is 0 Å². The zero-order valence-electron chi connectivity index (χ0n) is 12.5. The van der Waals surface area contributed by atoms with Gasteiger partial charge in [0.15, 0.2) is 0 Å². The Balaban J connectivity index is 3.01. The van der Waals surface area contributed by atoms with Crippen molar-refractivity contribution in [1.82, 2.24) is 0 Å². The van der Waals surface area contributed by atoms with Crippen molar-refractivity contribution in [1.29, 1.82) is 0 Å². The molecule has 0 heterocycles. The third-order valence-electron chi connectivity index (χ3n) is 4.82. The molecule has 0 spiro atoms. The first-order valence-electron chi connectivity index (χ1n) is 7.02. The zero-order valence-corrected chi connectivity index (χ0v) is 12.5. The quantitative estimate of drug-likeness (QED) is 0.729. The first kappa shape index (κ1) is 15.2. The molecule has 0 amide bonds. The zero-order chi connectivity index (χ0) is 13.9. The van der Waals surface area contributed by atoms with Gasteiger partial charge in [-0.05, 0) is 62.5 Å². The topological polar surface area (TPSA) is 20.2 Å². The van der Waals surface area contributed by atoms with Gasteiger partial charge < -0.3 is 5.11 Å². The summed E-state index contributed by atoms with van der Waals surface area (Å²) >= 11 is 0. The minimum Gasteiger partial charge on any atom is -0.390 e. The predicted octanol–water partition coefficient (Wildman–Crippen LogP) is 4.50. The maximum Gasteiger partial charge on any atom is 0.0670 e. The Bertz CT molecular complexity index is 346. The van der Waals surface area contributed by atoms with E-state index in [-0.39, 0.29) is 0 Å². The lowest BCUT2D eigenvalue weighted by molar-refractivity contribution is -0.0766. The van der Waals surface area contributed by atoms with Crippen LogP contribution in [0.4, 0.5) is 0 Å². The molecule has 2 atom stereocenters. The Morgan fingerprint density at radius 3 is 2.17 bits per heavy atom. The molecule has 0 aliphatic heterocycles. The molecule has 0 radical (unpaired) electrons. The van der Waals surface area contributed by atoms with Crippen LogP contribution >= 0.6 is 0 Å². The van der Waals surface area contributed by atoms with Crippen molar-refractivity contribution >= 4 is 0 Å². The van der Waals surface area contributed by atoms with Crippen molar-refractivity contribution < 1.29 is 5.11 Å². The van der Waals surface area contributed by atoms with Crippen molar-refractivity contribution in [3.63, 3.8) is 0 Å². The lowest BCUT2D eigenvalue weighted by Gasteiger charge is -2.44. The second kappa shape index (κ2) is 5.88. The summed E-state index contributed by atoms with van der Waals surface area (Å²) in [6.07, 6.45) is 8.37. The van der Waals surface area contributed by atoms with E-state index >= 15 is 0 Å². The van der Waals surface area contributed by atoms with Gasteiger partial charge in [0.2, 0.25) is 0 Å². The number of hydrogen-bond donors (Lipinski definition) is 1. The fourth-order valence-corrected chi connectivity index (χ4v) is 3.05. The Morgan fingerprint density at radius 2 is 1.78 bits per heavy atom. The molecule has 0 aromatic carbocycles. The second-order valence-electron chi connectivity index (χ2n) is 6.04. The van der Waals surface area contributed by atoms with E-state index in [1.165, 1.54) is 11.1 Å². The van der Waals surface area contributed by atoms with Crippen LogP contribution in [-0.4, -0.2) is 10.7 Å². The summed E-state index contributed by atoms with van der Waals surface area (Å²) in [6, 6.07) is 0. The third-order valence-corrected chi connectivity index (χ3v) is 4.82. The van der Waals surface area contributed by atoms with Gasteiger partial charge in [-0.3, -0.25) is 0 Å². The van der Waals surface area contributed by atoms with E-state index in [1.54, 1.807) is 0 Å². The van der Waals surface area contributed by atoms with Gasteiger partial charge in [-0.15, -0.1) is 0 Å². The van der Waals surface area contributed by atoms with E-state index in [0.717, 1.165) is 12.8 Å². The van der Waals surface area contributed by atoms with Crippen molar-refractivity contribution in [3.05, 3.63) is 36.0 Å². The highest BCUT2D eigenvalue weighted by molar-refractivity contribution is 5.33. The second-order valence-corrected chi connectivity index (χ2v) is 6.04. The molecule has 102 valence electrons. The SMILES string of the molecule is C=C/C(C)=C(\C=C/C)C1CC(C)C(C)(O)C(C)C1. The number of aliphatic hydroxyl groups is 1. The van der Waals surface area contributed by atoms with Crippen LogP contribution in [0.5, 0.6) is 0 Å². The molecule has 1 rings (SSSR count). The van der Waals surface area contributed by atoms with Crippen LogP contribution in [0.15, 0.2) is 36.0 Å². The maximum absolute atomic E-state index is 10.5. The third kappa shape index (κ3) is 2.95. The van der Waals surface area contributed by atoms with E-state index in [2.05, 4.69) is 46.4 Å². The molecule has 18 heavy (non-hydrogen) atoms. The molecule has 0 aromatic heterocycles. The summed E-state index contributed by atoms with van der Waals surface area (Å²) in [5.41, 5.74) is 2.13. The van der Waals surface area contributed by atoms with Crippen LogP contribution in [0, 0.1) is 17.8 Å². The number of hydrogen-bond acceptors (Lipinski definition) is 1. The molecule has 1 nitrogen and oxygen atoms in total. The summed E-state index contributed by atoms with van der Waals surface area (Å²) in [5.74, 6) is 1.22. The highest BCUT2D eigenvalue weighted by Gasteiger charge is 2.41. The average molecular weight is 248 g/mol. The van der Waals surface area contributed by atoms with Crippen molar-refractivity contribution in [2.45, 2.75) is 53.1 Å². The molecule has 1 heteroatoms. The van der Waals surface area contributed by atoms with Crippen LogP contribution in [0.1, 0.15) is 47.5 Å². The standard InChI is InChI=1S/C17H28O/c1-7-9-16(12(3)8-2)15-10-13(4)17(6,18)14(5)11-15/h7-9,13-15,18H,2,10-11H2,1,3-6H3/b9-7-,16-12+. The monoisotopic (exact) mass is 248 g/mol. The van der Waals surface area contributed by atoms with Gasteiger partial charge in [-0.2, -0.15) is 0 Å². The molecule has 0 bridgehead atoms. The summed E-state index contributed by atoms with van der Waals surface area (Å²) in [7, 11) is 0. The summed E-state index contributed by atoms with van der Waals surface area (Å²) in [6.45, 7) is 14.4. The fourth-order valence-electron chi connectivity index (χ4n) is 3.05. The molecular formula is C17H28O. The number of allylic oxidation sites excluding steroid dienone is 5. The van der Waals surface area contributed by atoms with E-state index in [0.29, 0.717) is 17.8 Å². The molecule has 2 unspecified atom stereocenters. The smallest absolute Gasteiger partial charge is 0.0670 e. The van der Waals surface area contributed by atoms with Gasteiger partial charge in [-0.25, -0.2) is 0 Å². The van der Waals surface area contributed by atoms with Crippen LogP contribution in [-0.2, 0) is 0 Å². The van der Waals surface area contributed by atoms with Crippen molar-refractivity contribution in [2.75, 3.05) is 0 Å². The highest BCUT2D eigenvalue weighted by atomic mass is 16.3. The summed E-state index contributed by atoms with van der Waals surface area (Å²) < 4.78 is 0. The highest BCUT2D eigenvalue weighted by Crippen LogP contribution is 2.44. The van der Waals surface area contributed by atoms with Gasteiger partial charge in [0.05, 0.1) is 5.60 Å². The van der Waals surface area contributed by atoms with Crippen molar-refractivity contribution in [3.8, 4) is 0 Å². The predicted molar refractivity (Wildman–Crippen MR) is 79.4 cm³/mol. The number of rotatable bonds is 3. The molecule has 1 aliphatic carbocycles. The first-order chi connectivity index (χ1) is 8.34. The molecule has 1 fully saturated rings. The molecule has 0 saturated heterocycles. The molecule has 1 aliphatic rings. The lowest BCUT2D eigenvalue weighted by atomic mass is 9.64. The Kier molecular flexibility index (Phi) is 4.98. The molecule has 1 N–H and O–H groups in total. The molecule has 0 aromatic rings. The van der Waals surface area contributed by atoms with E-state index in [9.17, 15) is 5.11 Å². The Labute approximate surface area is 112 Å². The maximum atomic E-state index is 10.5. The van der Waals surface area contributed by atoms with E-state index in [4.69, 9.17) is 0 Å². The Morgan fingerprint density at radius 1 is 1.28 bits per heavy atom. The largest absolute Gasteiger partial charge is 0.390 e. The van der Waals surface area contributed by atoms with Crippen LogP contribution < -0.4 is 0 Å². The van der Waals surface area contributed by atoms with Crippen LogP contribution in [0.25, 0.3) is 0 Å². The summed E-state index contributed by atoms with van der Waals surface area (Å²) in [5, 5.41) is 10.5. The Hall–Kier alpha value is -0.820. The first-order valence-corrected chi connectivity index (χ1v) is 7.02. The molecular weight excluding hydrogens is 220 g/mol. The normalized spacial score (nSPS) is 38.7. The van der Waals surface area contributed by atoms with Gasteiger partial charge >= 0.3 is 0 Å².